The molecule has 0 amide bonds. The first-order valence-electron chi connectivity index (χ1n) is 6.19. The average Bonchev–Trinajstić information content (AvgIpc) is 2.63. The predicted octanol–water partition coefficient (Wildman–Crippen LogP) is 2.39. The molecule has 2 aromatic carbocycles. The summed E-state index contributed by atoms with van der Waals surface area (Å²) in [4.78, 5) is 0.415. The molecule has 0 aromatic heterocycles. The maximum absolute atomic E-state index is 12.5. The Morgan fingerprint density at radius 3 is 2.63 bits per heavy atom. The van der Waals surface area contributed by atoms with Gasteiger partial charge < -0.3 is 4.74 Å². The minimum Gasteiger partial charge on any atom is -0.385 e. The van der Waals surface area contributed by atoms with E-state index in [0.717, 1.165) is 16.5 Å². The lowest BCUT2D eigenvalue weighted by atomic mass is 10.1. The molecule has 100 valence electrons. The van der Waals surface area contributed by atoms with E-state index in [9.17, 15) is 8.42 Å². The van der Waals surface area contributed by atoms with Gasteiger partial charge in [-0.25, -0.2) is 8.42 Å². The van der Waals surface area contributed by atoms with Gasteiger partial charge in [-0.1, -0.05) is 24.3 Å². The van der Waals surface area contributed by atoms with Crippen LogP contribution >= 0.6 is 0 Å². The maximum atomic E-state index is 12.5. The highest BCUT2D eigenvalue weighted by atomic mass is 32.2. The molecule has 1 aliphatic rings. The second-order valence-electron chi connectivity index (χ2n) is 4.55. The van der Waals surface area contributed by atoms with Crippen molar-refractivity contribution in [1.29, 1.82) is 0 Å². The Hall–Kier alpha value is -1.59. The monoisotopic (exact) mass is 277 g/mol. The highest BCUT2D eigenvalue weighted by molar-refractivity contribution is 7.93. The van der Waals surface area contributed by atoms with Gasteiger partial charge in [-0.05, 0) is 23.9 Å². The van der Waals surface area contributed by atoms with Crippen LogP contribution in [-0.4, -0.2) is 28.7 Å². The number of sulfonamides is 1. The van der Waals surface area contributed by atoms with Crippen molar-refractivity contribution in [3.63, 3.8) is 0 Å². The minimum atomic E-state index is -3.40. The van der Waals surface area contributed by atoms with Crippen LogP contribution in [0.15, 0.2) is 41.3 Å². The fraction of sp³-hybridized carbons (Fsp3) is 0.286. The average molecular weight is 277 g/mol. The van der Waals surface area contributed by atoms with Gasteiger partial charge in [-0.3, -0.25) is 4.31 Å². The third-order valence-corrected chi connectivity index (χ3v) is 5.25. The molecule has 0 radical (unpaired) electrons. The largest absolute Gasteiger partial charge is 0.385 e. The first-order valence-corrected chi connectivity index (χ1v) is 7.63. The Kier molecular flexibility index (Phi) is 2.95. The van der Waals surface area contributed by atoms with Gasteiger partial charge in [-0.15, -0.1) is 0 Å². The van der Waals surface area contributed by atoms with E-state index in [2.05, 4.69) is 0 Å². The van der Waals surface area contributed by atoms with E-state index < -0.39 is 10.0 Å². The van der Waals surface area contributed by atoms with E-state index in [1.165, 1.54) is 4.31 Å². The van der Waals surface area contributed by atoms with Gasteiger partial charge in [0.2, 0.25) is 0 Å². The van der Waals surface area contributed by atoms with Crippen LogP contribution in [0.3, 0.4) is 0 Å². The number of hydrogen-bond acceptors (Lipinski definition) is 3. The van der Waals surface area contributed by atoms with E-state index in [-0.39, 0.29) is 0 Å². The number of rotatable bonds is 4. The first-order chi connectivity index (χ1) is 9.16. The third kappa shape index (κ3) is 1.81. The summed E-state index contributed by atoms with van der Waals surface area (Å²) in [6.45, 7) is 1.00. The molecule has 0 aliphatic carbocycles. The van der Waals surface area contributed by atoms with Crippen molar-refractivity contribution in [3.8, 4) is 0 Å². The first kappa shape index (κ1) is 12.4. The van der Waals surface area contributed by atoms with Crippen LogP contribution < -0.4 is 4.31 Å². The quantitative estimate of drug-likeness (QED) is 0.806. The van der Waals surface area contributed by atoms with Crippen LogP contribution in [0, 0.1) is 0 Å². The van der Waals surface area contributed by atoms with Gasteiger partial charge in [0.05, 0.1) is 10.6 Å². The molecule has 1 heterocycles. The molecule has 0 N–H and O–H groups in total. The lowest BCUT2D eigenvalue weighted by Gasteiger charge is -2.18. The Morgan fingerprint density at radius 1 is 1.16 bits per heavy atom. The molecule has 0 spiro atoms. The zero-order valence-electron chi connectivity index (χ0n) is 10.7. The highest BCUT2D eigenvalue weighted by Crippen LogP contribution is 2.41. The SMILES string of the molecule is COCCCN1c2cccc3cccc(c23)S1(=O)=O. The van der Waals surface area contributed by atoms with Crippen LogP contribution in [0.1, 0.15) is 6.42 Å². The van der Waals surface area contributed by atoms with Crippen molar-refractivity contribution in [3.05, 3.63) is 36.4 Å². The van der Waals surface area contributed by atoms with Crippen LogP contribution in [0.5, 0.6) is 0 Å². The standard InChI is InChI=1S/C14H15NO3S/c1-18-10-4-9-15-12-7-2-5-11-6-3-8-13(14(11)12)19(15,16)17/h2-3,5-8H,4,9-10H2,1H3. The number of benzene rings is 2. The summed E-state index contributed by atoms with van der Waals surface area (Å²) in [5.41, 5.74) is 0.782. The van der Waals surface area contributed by atoms with Gasteiger partial charge in [0, 0.05) is 25.6 Å². The van der Waals surface area contributed by atoms with Crippen molar-refractivity contribution in [1.82, 2.24) is 0 Å². The van der Waals surface area contributed by atoms with Crippen molar-refractivity contribution >= 4 is 26.5 Å². The summed E-state index contributed by atoms with van der Waals surface area (Å²) in [7, 11) is -1.78. The summed E-state index contributed by atoms with van der Waals surface area (Å²) in [6, 6.07) is 11.1. The van der Waals surface area contributed by atoms with Crippen molar-refractivity contribution in [2.75, 3.05) is 24.6 Å². The summed E-state index contributed by atoms with van der Waals surface area (Å²) >= 11 is 0. The highest BCUT2D eigenvalue weighted by Gasteiger charge is 2.34. The molecule has 5 heteroatoms. The van der Waals surface area contributed by atoms with Crippen LogP contribution in [0.2, 0.25) is 0 Å². The lowest BCUT2D eigenvalue weighted by Crippen LogP contribution is -2.28. The molecule has 0 unspecified atom stereocenters. The van der Waals surface area contributed by atoms with Crippen LogP contribution in [0.25, 0.3) is 10.8 Å². The van der Waals surface area contributed by atoms with Gasteiger partial charge in [0.1, 0.15) is 0 Å². The lowest BCUT2D eigenvalue weighted by molar-refractivity contribution is 0.197. The van der Waals surface area contributed by atoms with E-state index in [1.807, 2.05) is 24.3 Å². The van der Waals surface area contributed by atoms with Gasteiger partial charge in [0.15, 0.2) is 0 Å². The zero-order chi connectivity index (χ0) is 13.5. The summed E-state index contributed by atoms with van der Waals surface area (Å²) in [6.07, 6.45) is 0.681. The second-order valence-corrected chi connectivity index (χ2v) is 6.39. The van der Waals surface area contributed by atoms with E-state index >= 15 is 0 Å². The van der Waals surface area contributed by atoms with Gasteiger partial charge in [0.25, 0.3) is 10.0 Å². The molecule has 3 rings (SSSR count). The molecular formula is C14H15NO3S. The Morgan fingerprint density at radius 2 is 1.89 bits per heavy atom. The number of anilines is 1. The second kappa shape index (κ2) is 4.51. The normalized spacial score (nSPS) is 16.2. The topological polar surface area (TPSA) is 46.6 Å². The molecular weight excluding hydrogens is 262 g/mol. The summed E-state index contributed by atoms with van der Waals surface area (Å²) < 4.78 is 31.6. The van der Waals surface area contributed by atoms with E-state index in [4.69, 9.17) is 4.74 Å². The molecule has 0 saturated heterocycles. The summed E-state index contributed by atoms with van der Waals surface area (Å²) in [5, 5.41) is 1.80. The number of methoxy groups -OCH3 is 1. The molecule has 1 aliphatic heterocycles. The smallest absolute Gasteiger partial charge is 0.265 e. The summed E-state index contributed by atoms with van der Waals surface area (Å²) in [5.74, 6) is 0. The van der Waals surface area contributed by atoms with Crippen LogP contribution in [0.4, 0.5) is 5.69 Å². The van der Waals surface area contributed by atoms with Crippen molar-refractivity contribution < 1.29 is 13.2 Å². The molecule has 2 aromatic rings. The molecule has 4 nitrogen and oxygen atoms in total. The number of hydrogen-bond donors (Lipinski definition) is 0. The van der Waals surface area contributed by atoms with E-state index in [1.54, 1.807) is 19.2 Å². The van der Waals surface area contributed by atoms with E-state index in [0.29, 0.717) is 24.5 Å². The molecule has 0 fully saturated rings. The zero-order valence-corrected chi connectivity index (χ0v) is 11.5. The van der Waals surface area contributed by atoms with Crippen molar-refractivity contribution in [2.45, 2.75) is 11.3 Å². The molecule has 0 bridgehead atoms. The Labute approximate surface area is 112 Å². The fourth-order valence-electron chi connectivity index (χ4n) is 2.55. The van der Waals surface area contributed by atoms with Gasteiger partial charge >= 0.3 is 0 Å². The molecule has 0 saturated carbocycles. The third-order valence-electron chi connectivity index (χ3n) is 3.39. The number of nitrogens with zero attached hydrogens (tertiary/aromatic N) is 1. The number of ether oxygens (including phenoxy) is 1. The molecule has 19 heavy (non-hydrogen) atoms. The van der Waals surface area contributed by atoms with Crippen molar-refractivity contribution in [2.24, 2.45) is 0 Å². The fourth-order valence-corrected chi connectivity index (χ4v) is 4.30. The minimum absolute atomic E-state index is 0.415. The predicted molar refractivity (Wildman–Crippen MR) is 75.0 cm³/mol. The van der Waals surface area contributed by atoms with Gasteiger partial charge in [-0.2, -0.15) is 0 Å². The maximum Gasteiger partial charge on any atom is 0.265 e. The van der Waals surface area contributed by atoms with Crippen LogP contribution in [-0.2, 0) is 14.8 Å². The molecule has 0 atom stereocenters. The Balaban J connectivity index is 2.13. The Bertz CT molecular complexity index is 719.